The van der Waals surface area contributed by atoms with Gasteiger partial charge in [-0.1, -0.05) is 31.6 Å². The van der Waals surface area contributed by atoms with Crippen LogP contribution in [0.3, 0.4) is 0 Å². The van der Waals surface area contributed by atoms with E-state index >= 15 is 0 Å². The van der Waals surface area contributed by atoms with Crippen LogP contribution in [0.1, 0.15) is 43.4 Å². The molecule has 0 fully saturated rings. The van der Waals surface area contributed by atoms with E-state index in [9.17, 15) is 0 Å². The second-order valence-corrected chi connectivity index (χ2v) is 5.29. The van der Waals surface area contributed by atoms with Crippen molar-refractivity contribution in [2.24, 2.45) is 0 Å². The Morgan fingerprint density at radius 2 is 2.13 bits per heavy atom. The van der Waals surface area contributed by atoms with Crippen LogP contribution >= 0.6 is 0 Å². The number of ether oxygens (including phenoxy) is 2. The van der Waals surface area contributed by atoms with Gasteiger partial charge in [0.15, 0.2) is 11.5 Å². The molecule has 5 heteroatoms. The Hall–Kier alpha value is -2.87. The fraction of sp³-hybridized carbons (Fsp3) is 0.278. The predicted octanol–water partition coefficient (Wildman–Crippen LogP) is 3.76. The molecule has 0 saturated heterocycles. The average Bonchev–Trinajstić information content (AvgIpc) is 2.62. The lowest BCUT2D eigenvalue weighted by Crippen LogP contribution is -2.07. The molecule has 1 aliphatic carbocycles. The molecule has 2 heterocycles. The van der Waals surface area contributed by atoms with Crippen LogP contribution in [0.4, 0.5) is 0 Å². The Balaban J connectivity index is 1.86. The monoisotopic (exact) mass is 307 g/mol. The quantitative estimate of drug-likeness (QED) is 0.847. The smallest absolute Gasteiger partial charge is 0.233 e. The summed E-state index contributed by atoms with van der Waals surface area (Å²) in [5, 5.41) is 9.11. The first kappa shape index (κ1) is 15.0. The van der Waals surface area contributed by atoms with Crippen molar-refractivity contribution in [2.75, 3.05) is 0 Å². The lowest BCUT2D eigenvalue weighted by molar-refractivity contribution is 0.284. The highest BCUT2D eigenvalue weighted by atomic mass is 16.5. The second kappa shape index (κ2) is 6.93. The number of aromatic nitrogens is 2. The Morgan fingerprint density at radius 1 is 1.26 bits per heavy atom. The van der Waals surface area contributed by atoms with Crippen molar-refractivity contribution in [3.8, 4) is 6.07 Å². The number of allylic oxidation sites excluding steroid dienone is 4. The first-order valence-electron chi connectivity index (χ1n) is 7.68. The van der Waals surface area contributed by atoms with Gasteiger partial charge in [-0.3, -0.25) is 0 Å². The maximum Gasteiger partial charge on any atom is 0.233 e. The number of rotatable bonds is 4. The van der Waals surface area contributed by atoms with E-state index in [1.54, 1.807) is 6.26 Å². The van der Waals surface area contributed by atoms with Gasteiger partial charge in [-0.05, 0) is 30.9 Å². The molecule has 5 nitrogen and oxygen atoms in total. The first-order chi connectivity index (χ1) is 11.3. The van der Waals surface area contributed by atoms with Crippen LogP contribution < -0.4 is 0 Å². The molecule has 0 radical (unpaired) electrons. The molecule has 1 aromatic heterocycles. The van der Waals surface area contributed by atoms with E-state index in [1.165, 1.54) is 6.26 Å². The fourth-order valence-corrected chi connectivity index (χ4v) is 2.44. The van der Waals surface area contributed by atoms with Crippen molar-refractivity contribution in [1.82, 2.24) is 9.97 Å². The van der Waals surface area contributed by atoms with Gasteiger partial charge in [-0.25, -0.2) is 9.97 Å². The summed E-state index contributed by atoms with van der Waals surface area (Å²) in [6, 6.07) is 3.84. The van der Waals surface area contributed by atoms with E-state index in [-0.39, 0.29) is 5.82 Å². The van der Waals surface area contributed by atoms with Crippen LogP contribution in [-0.2, 0) is 15.9 Å². The molecule has 116 valence electrons. The summed E-state index contributed by atoms with van der Waals surface area (Å²) < 4.78 is 11.4. The van der Waals surface area contributed by atoms with Gasteiger partial charge >= 0.3 is 0 Å². The zero-order valence-electron chi connectivity index (χ0n) is 13.0. The average molecular weight is 307 g/mol. The number of nitriles is 1. The maximum absolute atomic E-state index is 9.11. The van der Waals surface area contributed by atoms with Crippen molar-refractivity contribution in [2.45, 2.75) is 32.6 Å². The summed E-state index contributed by atoms with van der Waals surface area (Å²) in [6.45, 7) is 2.07. The van der Waals surface area contributed by atoms with Crippen LogP contribution in [0, 0.1) is 11.3 Å². The van der Waals surface area contributed by atoms with Crippen LogP contribution in [0.5, 0.6) is 0 Å². The molecule has 0 bridgehead atoms. The molecular weight excluding hydrogens is 290 g/mol. The van der Waals surface area contributed by atoms with Crippen molar-refractivity contribution in [3.63, 3.8) is 0 Å². The molecule has 0 N–H and O–H groups in total. The van der Waals surface area contributed by atoms with Crippen molar-refractivity contribution in [3.05, 3.63) is 65.4 Å². The third kappa shape index (κ3) is 3.49. The van der Waals surface area contributed by atoms with Crippen LogP contribution in [0.15, 0.2) is 48.2 Å². The topological polar surface area (TPSA) is 68.0 Å². The summed E-state index contributed by atoms with van der Waals surface area (Å²) in [5.41, 5.74) is 2.48. The minimum atomic E-state index is 0.145. The van der Waals surface area contributed by atoms with Crippen LogP contribution in [0.2, 0.25) is 0 Å². The highest BCUT2D eigenvalue weighted by Gasteiger charge is 2.18. The Morgan fingerprint density at radius 3 is 2.87 bits per heavy atom. The Kier molecular flexibility index (Phi) is 4.53. The first-order valence-corrected chi connectivity index (χ1v) is 7.68. The molecule has 3 rings (SSSR count). The van der Waals surface area contributed by atoms with Gasteiger partial charge in [0.25, 0.3) is 0 Å². The number of hydrogen-bond donors (Lipinski definition) is 0. The molecule has 0 amide bonds. The fourth-order valence-electron chi connectivity index (χ4n) is 2.44. The van der Waals surface area contributed by atoms with E-state index < -0.39 is 0 Å². The van der Waals surface area contributed by atoms with Gasteiger partial charge in [0.2, 0.25) is 5.82 Å². The van der Waals surface area contributed by atoms with E-state index in [4.69, 9.17) is 14.7 Å². The summed E-state index contributed by atoms with van der Waals surface area (Å²) in [7, 11) is 0. The van der Waals surface area contributed by atoms with Gasteiger partial charge in [-0.2, -0.15) is 5.26 Å². The molecule has 1 aliphatic heterocycles. The Bertz CT molecular complexity index is 767. The zero-order valence-corrected chi connectivity index (χ0v) is 13.0. The number of aryl methyl sites for hydroxylation is 1. The van der Waals surface area contributed by atoms with Crippen molar-refractivity contribution < 1.29 is 9.47 Å². The molecule has 2 aliphatic rings. The minimum Gasteiger partial charge on any atom is -0.465 e. The third-order valence-corrected chi connectivity index (χ3v) is 3.54. The maximum atomic E-state index is 9.11. The molecule has 0 atom stereocenters. The van der Waals surface area contributed by atoms with Crippen molar-refractivity contribution in [1.29, 1.82) is 5.26 Å². The lowest BCUT2D eigenvalue weighted by Gasteiger charge is -2.19. The predicted molar refractivity (Wildman–Crippen MR) is 85.4 cm³/mol. The molecule has 1 aromatic rings. The standard InChI is InChI=1S/C18H17N3O2/c1-2-6-14-9-15(21-18(10-19)20-14)17-12-22-11-16(23-17)13-7-4-3-5-8-13/h3-4,7,9,11-12H,2,5-6,8H2,1H3. The summed E-state index contributed by atoms with van der Waals surface area (Å²) in [5.74, 6) is 1.32. The molecule has 0 spiro atoms. The van der Waals surface area contributed by atoms with Gasteiger partial charge < -0.3 is 9.47 Å². The molecule has 0 unspecified atom stereocenters. The lowest BCUT2D eigenvalue weighted by atomic mass is 10.0. The molecule has 0 saturated carbocycles. The molecular formula is C18H17N3O2. The van der Waals surface area contributed by atoms with Gasteiger partial charge in [-0.15, -0.1) is 0 Å². The molecule has 23 heavy (non-hydrogen) atoms. The van der Waals surface area contributed by atoms with Crippen LogP contribution in [-0.4, -0.2) is 9.97 Å². The van der Waals surface area contributed by atoms with E-state index in [0.29, 0.717) is 17.2 Å². The Labute approximate surface area is 135 Å². The highest BCUT2D eigenvalue weighted by Crippen LogP contribution is 2.29. The van der Waals surface area contributed by atoms with Gasteiger partial charge in [0, 0.05) is 5.69 Å². The number of hydrogen-bond acceptors (Lipinski definition) is 5. The zero-order chi connectivity index (χ0) is 16.1. The summed E-state index contributed by atoms with van der Waals surface area (Å²) in [4.78, 5) is 8.45. The van der Waals surface area contributed by atoms with E-state index in [1.807, 2.05) is 24.3 Å². The molecule has 0 aromatic carbocycles. The third-order valence-electron chi connectivity index (χ3n) is 3.54. The van der Waals surface area contributed by atoms with Gasteiger partial charge in [0.05, 0.1) is 0 Å². The summed E-state index contributed by atoms with van der Waals surface area (Å²) in [6.07, 6.45) is 12.9. The highest BCUT2D eigenvalue weighted by molar-refractivity contribution is 5.59. The minimum absolute atomic E-state index is 0.145. The summed E-state index contributed by atoms with van der Waals surface area (Å²) >= 11 is 0. The second-order valence-electron chi connectivity index (χ2n) is 5.29. The van der Waals surface area contributed by atoms with E-state index in [0.717, 1.165) is 37.0 Å². The van der Waals surface area contributed by atoms with E-state index in [2.05, 4.69) is 23.0 Å². The number of nitrogens with zero attached hydrogens (tertiary/aromatic N) is 3. The largest absolute Gasteiger partial charge is 0.465 e. The van der Waals surface area contributed by atoms with Crippen LogP contribution in [0.25, 0.3) is 5.76 Å². The van der Waals surface area contributed by atoms with Crippen molar-refractivity contribution >= 4 is 5.76 Å². The SMILES string of the molecule is CCCc1cc(C2=COC=C(C3=CC=CCC3)O2)nc(C#N)n1. The normalized spacial score (nSPS) is 16.4. The van der Waals surface area contributed by atoms with Gasteiger partial charge in [0.1, 0.15) is 24.3 Å².